The summed E-state index contributed by atoms with van der Waals surface area (Å²) in [6, 6.07) is 4.74. The van der Waals surface area contributed by atoms with Gasteiger partial charge in [0.1, 0.15) is 0 Å². The van der Waals surface area contributed by atoms with Crippen molar-refractivity contribution in [3.8, 4) is 0 Å². The number of esters is 1. The number of sulfonamides is 1. The van der Waals surface area contributed by atoms with Crippen molar-refractivity contribution in [3.63, 3.8) is 0 Å². The van der Waals surface area contributed by atoms with Crippen molar-refractivity contribution in [2.45, 2.75) is 22.9 Å². The zero-order chi connectivity index (χ0) is 23.3. The topological polar surface area (TPSA) is 119 Å². The third-order valence-corrected chi connectivity index (χ3v) is 9.26. The fourth-order valence-corrected chi connectivity index (χ4v) is 6.49. The number of halogens is 2. The Hall–Kier alpha value is -1.44. The van der Waals surface area contributed by atoms with Gasteiger partial charge in [-0.15, -0.1) is 10.2 Å². The smallest absolute Gasteiger partial charge is 0.316 e. The van der Waals surface area contributed by atoms with E-state index in [-0.39, 0.29) is 42.4 Å². The molecule has 174 valence electrons. The Labute approximate surface area is 203 Å². The molecule has 32 heavy (non-hydrogen) atoms. The minimum absolute atomic E-state index is 0.105. The Bertz CT molecular complexity index is 1090. The number of piperidine rings is 1. The van der Waals surface area contributed by atoms with Gasteiger partial charge in [-0.2, -0.15) is 0 Å². The minimum Gasteiger partial charge on any atom is -0.468 e. The van der Waals surface area contributed by atoms with Crippen molar-refractivity contribution >= 4 is 73.3 Å². The highest BCUT2D eigenvalue weighted by molar-refractivity contribution is 8.01. The quantitative estimate of drug-likeness (QED) is 0.309. The highest BCUT2D eigenvalue weighted by Crippen LogP contribution is 2.28. The predicted octanol–water partition coefficient (Wildman–Crippen LogP) is 3.29. The highest BCUT2D eigenvalue weighted by atomic mass is 35.5. The van der Waals surface area contributed by atoms with E-state index >= 15 is 0 Å². The van der Waals surface area contributed by atoms with Crippen LogP contribution in [0.2, 0.25) is 10.0 Å². The molecule has 1 aromatic heterocycles. The number of aromatic nitrogens is 2. The fraction of sp³-hybridized carbons (Fsp3) is 0.444. The van der Waals surface area contributed by atoms with Crippen LogP contribution in [0.4, 0.5) is 5.13 Å². The number of hydrogen-bond acceptors (Lipinski definition) is 9. The van der Waals surface area contributed by atoms with Gasteiger partial charge in [0, 0.05) is 19.0 Å². The van der Waals surface area contributed by atoms with Gasteiger partial charge in [0.05, 0.1) is 28.7 Å². The van der Waals surface area contributed by atoms with Crippen LogP contribution in [0.3, 0.4) is 0 Å². The number of amides is 1. The van der Waals surface area contributed by atoms with Crippen molar-refractivity contribution in [2.75, 3.05) is 31.3 Å². The second kappa shape index (κ2) is 11.1. The highest BCUT2D eigenvalue weighted by Gasteiger charge is 2.31. The Morgan fingerprint density at radius 2 is 1.97 bits per heavy atom. The van der Waals surface area contributed by atoms with E-state index in [0.29, 0.717) is 37.9 Å². The Kier molecular flexibility index (Phi) is 8.75. The molecule has 1 amide bonds. The standard InChI is InChI=1S/C18H20Cl2N4O5S3/c1-29-15(25)9-30-18-23-22-17(31-18)21-16(26)12-4-6-24(7-5-12)32(27,28)10-11-2-3-13(19)14(20)8-11/h2-3,8,12H,4-7,9-10H2,1H3,(H,21,22,26). The first-order valence-electron chi connectivity index (χ1n) is 9.43. The number of hydrogen-bond donors (Lipinski definition) is 1. The van der Waals surface area contributed by atoms with E-state index in [0.717, 1.165) is 11.3 Å². The summed E-state index contributed by atoms with van der Waals surface area (Å²) in [5, 5.41) is 11.5. The molecule has 0 atom stereocenters. The van der Waals surface area contributed by atoms with E-state index in [2.05, 4.69) is 20.3 Å². The molecule has 1 fully saturated rings. The zero-order valence-corrected chi connectivity index (χ0v) is 20.9. The van der Waals surface area contributed by atoms with Crippen molar-refractivity contribution in [3.05, 3.63) is 33.8 Å². The van der Waals surface area contributed by atoms with Crippen molar-refractivity contribution in [2.24, 2.45) is 5.92 Å². The SMILES string of the molecule is COC(=O)CSc1nnc(NC(=O)C2CCN(S(=O)(=O)Cc3ccc(Cl)c(Cl)c3)CC2)s1. The number of nitrogens with zero attached hydrogens (tertiary/aromatic N) is 3. The Morgan fingerprint density at radius 1 is 1.25 bits per heavy atom. The zero-order valence-electron chi connectivity index (χ0n) is 16.9. The number of methoxy groups -OCH3 is 1. The maximum Gasteiger partial charge on any atom is 0.316 e. The van der Waals surface area contributed by atoms with Crippen LogP contribution in [-0.4, -0.2) is 60.7 Å². The summed E-state index contributed by atoms with van der Waals surface area (Å²) in [7, 11) is -2.24. The molecule has 3 rings (SSSR count). The van der Waals surface area contributed by atoms with Crippen LogP contribution in [0.15, 0.2) is 22.5 Å². The molecule has 1 saturated heterocycles. The van der Waals surface area contributed by atoms with E-state index in [1.165, 1.54) is 23.2 Å². The normalized spacial score (nSPS) is 15.5. The minimum atomic E-state index is -3.55. The van der Waals surface area contributed by atoms with Crippen molar-refractivity contribution in [1.29, 1.82) is 0 Å². The van der Waals surface area contributed by atoms with E-state index < -0.39 is 10.0 Å². The van der Waals surface area contributed by atoms with Crippen LogP contribution in [0.1, 0.15) is 18.4 Å². The summed E-state index contributed by atoms with van der Waals surface area (Å²) >= 11 is 14.2. The number of anilines is 1. The van der Waals surface area contributed by atoms with E-state index in [9.17, 15) is 18.0 Å². The van der Waals surface area contributed by atoms with Gasteiger partial charge in [-0.1, -0.05) is 52.4 Å². The summed E-state index contributed by atoms with van der Waals surface area (Å²) in [5.74, 6) is -1.02. The molecule has 0 aliphatic carbocycles. The van der Waals surface area contributed by atoms with Gasteiger partial charge in [-0.3, -0.25) is 9.59 Å². The molecule has 9 nitrogen and oxygen atoms in total. The molecule has 14 heteroatoms. The lowest BCUT2D eigenvalue weighted by Gasteiger charge is -2.30. The molecule has 2 heterocycles. The average Bonchev–Trinajstić information content (AvgIpc) is 3.21. The molecule has 1 N–H and O–H groups in total. The van der Waals surface area contributed by atoms with Crippen molar-refractivity contribution in [1.82, 2.24) is 14.5 Å². The number of thioether (sulfide) groups is 1. The monoisotopic (exact) mass is 538 g/mol. The van der Waals surface area contributed by atoms with Crippen LogP contribution < -0.4 is 5.32 Å². The maximum atomic E-state index is 12.8. The van der Waals surface area contributed by atoms with Crippen LogP contribution in [0, 0.1) is 5.92 Å². The molecular weight excluding hydrogens is 519 g/mol. The number of carbonyl (C=O) groups is 2. The summed E-state index contributed by atoms with van der Waals surface area (Å²) in [6.07, 6.45) is 0.796. The molecule has 1 aliphatic heterocycles. The molecule has 1 aliphatic rings. The number of carbonyl (C=O) groups excluding carboxylic acids is 2. The third-order valence-electron chi connectivity index (χ3n) is 4.73. The molecule has 1 aromatic carbocycles. The summed E-state index contributed by atoms with van der Waals surface area (Å²) in [5.41, 5.74) is 0.552. The molecule has 0 unspecified atom stereocenters. The molecule has 0 radical (unpaired) electrons. The molecule has 2 aromatic rings. The summed E-state index contributed by atoms with van der Waals surface area (Å²) < 4.78 is 32.0. The van der Waals surface area contributed by atoms with Crippen LogP contribution in [0.25, 0.3) is 0 Å². The van der Waals surface area contributed by atoms with E-state index in [1.54, 1.807) is 18.2 Å². The largest absolute Gasteiger partial charge is 0.468 e. The molecular formula is C18H20Cl2N4O5S3. The van der Waals surface area contributed by atoms with Crippen LogP contribution in [-0.2, 0) is 30.1 Å². The van der Waals surface area contributed by atoms with Gasteiger partial charge in [0.2, 0.25) is 21.1 Å². The maximum absolute atomic E-state index is 12.8. The number of rotatable bonds is 8. The van der Waals surface area contributed by atoms with Crippen molar-refractivity contribution < 1.29 is 22.7 Å². The Morgan fingerprint density at radius 3 is 2.62 bits per heavy atom. The lowest BCUT2D eigenvalue weighted by Crippen LogP contribution is -2.41. The summed E-state index contributed by atoms with van der Waals surface area (Å²) in [4.78, 5) is 23.7. The third kappa shape index (κ3) is 6.78. The van der Waals surface area contributed by atoms with Gasteiger partial charge in [-0.05, 0) is 30.5 Å². The van der Waals surface area contributed by atoms with Crippen LogP contribution >= 0.6 is 46.3 Å². The van der Waals surface area contributed by atoms with Gasteiger partial charge in [0.15, 0.2) is 4.34 Å². The second-order valence-corrected chi connectivity index (χ2v) is 11.9. The average molecular weight is 539 g/mol. The van der Waals surface area contributed by atoms with Gasteiger partial charge >= 0.3 is 5.97 Å². The fourth-order valence-electron chi connectivity index (χ4n) is 3.03. The first kappa shape index (κ1) is 25.2. The second-order valence-electron chi connectivity index (χ2n) is 6.91. The van der Waals surface area contributed by atoms with Gasteiger partial charge in [-0.25, -0.2) is 12.7 Å². The lowest BCUT2D eigenvalue weighted by atomic mass is 9.97. The van der Waals surface area contributed by atoms with E-state index in [1.807, 2.05) is 0 Å². The van der Waals surface area contributed by atoms with Gasteiger partial charge in [0.25, 0.3) is 0 Å². The molecule has 0 bridgehead atoms. The lowest BCUT2D eigenvalue weighted by molar-refractivity contribution is -0.137. The molecule has 0 spiro atoms. The summed E-state index contributed by atoms with van der Waals surface area (Å²) in [6.45, 7) is 0.496. The number of benzene rings is 1. The Balaban J connectivity index is 1.50. The van der Waals surface area contributed by atoms with E-state index in [4.69, 9.17) is 23.2 Å². The van der Waals surface area contributed by atoms with Gasteiger partial charge < -0.3 is 10.1 Å². The van der Waals surface area contributed by atoms with Crippen LogP contribution in [0.5, 0.6) is 0 Å². The number of nitrogens with one attached hydrogen (secondary N) is 1. The number of ether oxygens (including phenoxy) is 1. The first-order valence-corrected chi connectivity index (χ1v) is 13.6. The first-order chi connectivity index (χ1) is 15.2. The molecule has 0 saturated carbocycles. The predicted molar refractivity (Wildman–Crippen MR) is 125 cm³/mol.